The quantitative estimate of drug-likeness (QED) is 0.0391. The van der Waals surface area contributed by atoms with E-state index in [2.05, 4.69) is 25.3 Å². The van der Waals surface area contributed by atoms with Gasteiger partial charge < -0.3 is 27.9 Å². The third-order valence-corrected chi connectivity index (χ3v) is 6.73. The molecule has 0 aliphatic rings. The summed E-state index contributed by atoms with van der Waals surface area (Å²) in [4.78, 5) is 7.84. The normalized spacial score (nSPS) is 13.4. The molecule has 0 saturated heterocycles. The molecule has 13 nitrogen and oxygen atoms in total. The van der Waals surface area contributed by atoms with Crippen LogP contribution in [-0.2, 0) is 10.0 Å². The van der Waals surface area contributed by atoms with E-state index < -0.39 is 16.1 Å². The summed E-state index contributed by atoms with van der Waals surface area (Å²) in [6, 6.07) is 8.21. The molecular formula is C18H27N11O2S2. The van der Waals surface area contributed by atoms with Crippen LogP contribution in [0.3, 0.4) is 0 Å². The molecule has 0 radical (unpaired) electrons. The van der Waals surface area contributed by atoms with E-state index in [4.69, 9.17) is 33.9 Å². The second-order valence-electron chi connectivity index (χ2n) is 6.94. The Hall–Kier alpha value is -2.76. The number of fused-ring (bicyclic) bond motifs is 1. The number of hydrogen-bond donors (Lipinski definition) is 9. The number of H-pyrrole nitrogens is 1. The average Bonchev–Trinajstić information content (AvgIpc) is 3.22. The number of sulfonamides is 1. The first kappa shape index (κ1) is 24.9. The summed E-state index contributed by atoms with van der Waals surface area (Å²) in [5.74, 6) is 5.64. The largest absolute Gasteiger partial charge is 0.382 e. The van der Waals surface area contributed by atoms with Crippen molar-refractivity contribution in [3.8, 4) is 11.1 Å². The topological polar surface area (TPSA) is 255 Å². The molecular weight excluding hydrogens is 466 g/mol. The smallest absolute Gasteiger partial charge is 0.239 e. The molecule has 33 heavy (non-hydrogen) atoms. The van der Waals surface area contributed by atoms with E-state index in [1.807, 2.05) is 6.07 Å². The maximum atomic E-state index is 12.7. The molecule has 0 aliphatic heterocycles. The van der Waals surface area contributed by atoms with E-state index >= 15 is 0 Å². The number of primary sulfonamides is 1. The van der Waals surface area contributed by atoms with Crippen LogP contribution in [0, 0.1) is 0 Å². The van der Waals surface area contributed by atoms with Crippen molar-refractivity contribution in [1.82, 2.24) is 20.2 Å². The van der Waals surface area contributed by atoms with Gasteiger partial charge in [-0.15, -0.1) is 5.10 Å². The number of aromatic nitrogens is 2. The second kappa shape index (κ2) is 10.4. The highest BCUT2D eigenvalue weighted by Gasteiger charge is 2.27. The Balaban J connectivity index is 2.35. The number of benzene rings is 2. The molecule has 0 saturated carbocycles. The van der Waals surface area contributed by atoms with Gasteiger partial charge in [0.1, 0.15) is 10.7 Å². The average molecular weight is 494 g/mol. The number of hydrogen-bond acceptors (Lipinski definition) is 11. The minimum atomic E-state index is -4.25. The lowest BCUT2D eigenvalue weighted by atomic mass is 9.97. The van der Waals surface area contributed by atoms with Crippen molar-refractivity contribution >= 4 is 38.8 Å². The summed E-state index contributed by atoms with van der Waals surface area (Å²) in [5, 5.41) is 9.42. The van der Waals surface area contributed by atoms with Gasteiger partial charge in [0.2, 0.25) is 10.0 Å². The minimum absolute atomic E-state index is 0.0789. The summed E-state index contributed by atoms with van der Waals surface area (Å²) in [6.07, 6.45) is 0. The molecule has 1 aromatic heterocycles. The Bertz CT molecular complexity index is 1270. The molecule has 0 bridgehead atoms. The molecule has 15 N–H and O–H groups in total. The number of para-hydroxylation sites is 1. The summed E-state index contributed by atoms with van der Waals surface area (Å²) in [7, 11) is -4.25. The van der Waals surface area contributed by atoms with E-state index in [0.29, 0.717) is 46.0 Å². The van der Waals surface area contributed by atoms with Crippen molar-refractivity contribution in [3.63, 3.8) is 0 Å². The zero-order valence-electron chi connectivity index (χ0n) is 17.6. The second-order valence-corrected chi connectivity index (χ2v) is 9.37. The Kier molecular flexibility index (Phi) is 7.88. The van der Waals surface area contributed by atoms with Crippen LogP contribution in [0.15, 0.2) is 45.2 Å². The zero-order valence-corrected chi connectivity index (χ0v) is 19.2. The third-order valence-electron chi connectivity index (χ3n) is 4.70. The fourth-order valence-electron chi connectivity index (χ4n) is 3.27. The van der Waals surface area contributed by atoms with Crippen LogP contribution in [0.5, 0.6) is 0 Å². The molecule has 3 rings (SSSR count). The number of aromatic amines is 1. The van der Waals surface area contributed by atoms with Gasteiger partial charge in [0, 0.05) is 35.7 Å². The summed E-state index contributed by atoms with van der Waals surface area (Å²) < 4.78 is 28.4. The summed E-state index contributed by atoms with van der Waals surface area (Å²) in [5.41, 5.74) is 27.8. The molecule has 2 aromatic carbocycles. The highest BCUT2D eigenvalue weighted by atomic mass is 32.2. The van der Waals surface area contributed by atoms with Crippen molar-refractivity contribution in [3.05, 3.63) is 41.7 Å². The summed E-state index contributed by atoms with van der Waals surface area (Å²) >= 11 is 1.06. The van der Waals surface area contributed by atoms with Crippen LogP contribution >= 0.6 is 11.9 Å². The van der Waals surface area contributed by atoms with Crippen molar-refractivity contribution in [1.29, 1.82) is 0 Å². The van der Waals surface area contributed by atoms with Crippen LogP contribution in [-0.4, -0.2) is 43.9 Å². The molecule has 0 fully saturated rings. The van der Waals surface area contributed by atoms with Gasteiger partial charge in [0.05, 0.1) is 17.1 Å². The van der Waals surface area contributed by atoms with E-state index in [0.717, 1.165) is 11.9 Å². The lowest BCUT2D eigenvalue weighted by Crippen LogP contribution is -2.27. The van der Waals surface area contributed by atoms with E-state index in [9.17, 15) is 8.42 Å². The molecule has 0 spiro atoms. The van der Waals surface area contributed by atoms with Gasteiger partial charge in [-0.05, 0) is 29.6 Å². The number of imidazole rings is 1. The van der Waals surface area contributed by atoms with Gasteiger partial charge in [-0.2, -0.15) is 0 Å². The number of hydrazine groups is 1. The number of nitrogens with two attached hydrogens (primary N) is 6. The maximum absolute atomic E-state index is 12.7. The Morgan fingerprint density at radius 3 is 2.61 bits per heavy atom. The van der Waals surface area contributed by atoms with Crippen LogP contribution in [0.4, 0.5) is 0 Å². The van der Waals surface area contributed by atoms with E-state index in [-0.39, 0.29) is 22.8 Å². The number of rotatable bonds is 10. The first-order valence-corrected chi connectivity index (χ1v) is 12.1. The lowest BCUT2D eigenvalue weighted by Gasteiger charge is -2.17. The van der Waals surface area contributed by atoms with Crippen LogP contribution in [0.2, 0.25) is 0 Å². The highest BCUT2D eigenvalue weighted by Crippen LogP contribution is 2.37. The molecule has 1 atom stereocenters. The highest BCUT2D eigenvalue weighted by molar-refractivity contribution is 7.98. The first-order chi connectivity index (χ1) is 15.7. The monoisotopic (exact) mass is 493 g/mol. The molecule has 0 aliphatic carbocycles. The number of nitrogens with one attached hydrogen (secondary N) is 3. The van der Waals surface area contributed by atoms with Gasteiger partial charge in [0.15, 0.2) is 5.84 Å². The fraction of sp³-hybridized carbons (Fsp3) is 0.222. The fourth-order valence-corrected chi connectivity index (χ4v) is 5.30. The number of hydrazone groups is 1. The standard InChI is InChI=1S/C18H27N11O2S2/c19-6-7-25-32-13-5-4-9(14(17(22)28-29-23)16(13)33(24,30)31)10-2-1-3-12-15(10)27-18(26-12)11(21)8-20/h1-5,11,25,29H,6-8,19-21,23H2,(H2,22,28)(H,26,27)(H2,24,30,31). The molecule has 15 heteroatoms. The summed E-state index contributed by atoms with van der Waals surface area (Å²) in [6.45, 7) is 0.994. The first-order valence-electron chi connectivity index (χ1n) is 9.76. The Morgan fingerprint density at radius 2 is 1.97 bits per heavy atom. The van der Waals surface area contributed by atoms with E-state index in [1.54, 1.807) is 24.3 Å². The number of amidine groups is 1. The van der Waals surface area contributed by atoms with Crippen molar-refractivity contribution in [2.45, 2.75) is 15.8 Å². The van der Waals surface area contributed by atoms with Gasteiger partial charge in [-0.1, -0.05) is 18.2 Å². The molecule has 1 unspecified atom stereocenters. The van der Waals surface area contributed by atoms with Gasteiger partial charge in [-0.3, -0.25) is 4.72 Å². The number of nitrogens with zero attached hydrogens (tertiary/aromatic N) is 2. The van der Waals surface area contributed by atoms with E-state index in [1.165, 1.54) is 0 Å². The molecule has 0 amide bonds. The predicted molar refractivity (Wildman–Crippen MR) is 130 cm³/mol. The van der Waals surface area contributed by atoms with Crippen LogP contribution < -0.4 is 44.2 Å². The molecule has 3 aromatic rings. The Morgan fingerprint density at radius 1 is 1.21 bits per heavy atom. The van der Waals surface area contributed by atoms with Crippen LogP contribution in [0.25, 0.3) is 22.2 Å². The van der Waals surface area contributed by atoms with Crippen molar-refractivity contribution < 1.29 is 8.42 Å². The van der Waals surface area contributed by atoms with Crippen molar-refractivity contribution in [2.75, 3.05) is 19.6 Å². The predicted octanol–water partition coefficient (Wildman–Crippen LogP) is -1.53. The maximum Gasteiger partial charge on any atom is 0.239 e. The third kappa shape index (κ3) is 5.26. The van der Waals surface area contributed by atoms with Gasteiger partial charge >= 0.3 is 0 Å². The molecule has 1 heterocycles. The SMILES string of the molecule is NCCNSc1ccc(-c2cccc3[nH]c(C(N)CN)nc23)c(/C(N)=N/NN)c1S(N)(=O)=O. The van der Waals surface area contributed by atoms with Gasteiger partial charge in [0.25, 0.3) is 0 Å². The molecule has 178 valence electrons. The van der Waals surface area contributed by atoms with Crippen molar-refractivity contribution in [2.24, 2.45) is 39.0 Å². The zero-order chi connectivity index (χ0) is 24.2. The van der Waals surface area contributed by atoms with Gasteiger partial charge in [-0.25, -0.2) is 29.9 Å². The Labute approximate surface area is 194 Å². The lowest BCUT2D eigenvalue weighted by molar-refractivity contribution is 0.595. The van der Waals surface area contributed by atoms with Crippen LogP contribution in [0.1, 0.15) is 17.4 Å². The minimum Gasteiger partial charge on any atom is -0.382 e.